The molecule has 1 aromatic heterocycles. The monoisotopic (exact) mass is 156 g/mol. The number of hydrazine groups is 2. The van der Waals surface area contributed by atoms with Crippen LogP contribution < -0.4 is 16.4 Å². The van der Waals surface area contributed by atoms with Crippen LogP contribution in [0.5, 0.6) is 0 Å². The van der Waals surface area contributed by atoms with Crippen molar-refractivity contribution in [1.82, 2.24) is 10.5 Å². The molecule has 1 aromatic rings. The van der Waals surface area contributed by atoms with E-state index >= 15 is 0 Å². The van der Waals surface area contributed by atoms with Gasteiger partial charge in [0.1, 0.15) is 5.69 Å². The third-order valence-corrected chi connectivity index (χ3v) is 1.58. The van der Waals surface area contributed by atoms with Gasteiger partial charge in [-0.25, -0.2) is 4.98 Å². The number of hydrogen-bond acceptors (Lipinski definition) is 4. The Bertz CT molecular complexity index is 262. The number of pyridine rings is 1. The number of halogens is 1. The number of anilines is 2. The molecule has 3 N–H and O–H groups in total. The maximum Gasteiger partial charge on any atom is 0.155 e. The van der Waals surface area contributed by atoms with Crippen LogP contribution in [0.4, 0.5) is 11.4 Å². The molecule has 0 bridgehead atoms. The lowest BCUT2D eigenvalue weighted by atomic mass is 10.4. The Balaban J connectivity index is 2.59. The lowest BCUT2D eigenvalue weighted by Gasteiger charge is -1.95. The van der Waals surface area contributed by atoms with Gasteiger partial charge in [-0.3, -0.25) is 5.43 Å². The highest BCUT2D eigenvalue weighted by molar-refractivity contribution is 6.32. The van der Waals surface area contributed by atoms with E-state index in [9.17, 15) is 0 Å². The van der Waals surface area contributed by atoms with Gasteiger partial charge in [0.15, 0.2) is 5.15 Å². The predicted molar refractivity (Wildman–Crippen MR) is 39.6 cm³/mol. The van der Waals surface area contributed by atoms with Crippen molar-refractivity contribution in [3.8, 4) is 0 Å². The van der Waals surface area contributed by atoms with E-state index in [4.69, 9.17) is 11.6 Å². The van der Waals surface area contributed by atoms with Crippen LogP contribution in [0.2, 0.25) is 5.15 Å². The molecule has 0 aliphatic carbocycles. The first-order valence-electron chi connectivity index (χ1n) is 2.79. The number of fused-ring (bicyclic) bond motifs is 1. The fourth-order valence-corrected chi connectivity index (χ4v) is 1.03. The first kappa shape index (κ1) is 5.76. The molecule has 1 aliphatic rings. The molecule has 52 valence electrons. The Morgan fingerprint density at radius 3 is 3.10 bits per heavy atom. The summed E-state index contributed by atoms with van der Waals surface area (Å²) in [5.74, 6) is 0. The molecule has 10 heavy (non-hydrogen) atoms. The molecule has 0 aromatic carbocycles. The van der Waals surface area contributed by atoms with Crippen LogP contribution in [-0.4, -0.2) is 4.98 Å². The normalized spacial score (nSPS) is 13.7. The van der Waals surface area contributed by atoms with E-state index in [2.05, 4.69) is 21.4 Å². The molecule has 0 amide bonds. The standard InChI is InChI=1S/C5H5ClN4/c6-5-4-3(1-2-7-5)8-10-9-4/h1-2,8-10H. The topological polar surface area (TPSA) is 49.0 Å². The Labute approximate surface area is 62.5 Å². The van der Waals surface area contributed by atoms with Gasteiger partial charge in [0, 0.05) is 6.20 Å². The second-order valence-electron chi connectivity index (χ2n) is 1.90. The van der Waals surface area contributed by atoms with Crippen molar-refractivity contribution >= 4 is 23.0 Å². The zero-order valence-corrected chi connectivity index (χ0v) is 5.74. The van der Waals surface area contributed by atoms with Crippen molar-refractivity contribution < 1.29 is 0 Å². The van der Waals surface area contributed by atoms with E-state index in [-0.39, 0.29) is 0 Å². The summed E-state index contributed by atoms with van der Waals surface area (Å²) in [5, 5.41) is 0.468. The first-order chi connectivity index (χ1) is 4.88. The molecule has 0 atom stereocenters. The van der Waals surface area contributed by atoms with Crippen LogP contribution in [0, 0.1) is 0 Å². The highest BCUT2D eigenvalue weighted by Gasteiger charge is 2.11. The summed E-state index contributed by atoms with van der Waals surface area (Å²) in [6, 6.07) is 1.83. The minimum Gasteiger partial charge on any atom is -0.302 e. The molecule has 0 saturated heterocycles. The Morgan fingerprint density at radius 2 is 2.30 bits per heavy atom. The number of nitrogens with zero attached hydrogens (tertiary/aromatic N) is 1. The predicted octanol–water partition coefficient (Wildman–Crippen LogP) is 0.992. The van der Waals surface area contributed by atoms with E-state index in [0.717, 1.165) is 11.4 Å². The maximum atomic E-state index is 5.72. The van der Waals surface area contributed by atoms with E-state index in [1.165, 1.54) is 0 Å². The smallest absolute Gasteiger partial charge is 0.155 e. The molecule has 0 unspecified atom stereocenters. The lowest BCUT2D eigenvalue weighted by Crippen LogP contribution is -2.19. The third kappa shape index (κ3) is 0.698. The van der Waals surface area contributed by atoms with Gasteiger partial charge in [-0.2, -0.15) is 0 Å². The molecule has 0 radical (unpaired) electrons. The van der Waals surface area contributed by atoms with Crippen LogP contribution in [0.15, 0.2) is 12.3 Å². The number of aromatic nitrogens is 1. The fourth-order valence-electron chi connectivity index (χ4n) is 0.820. The lowest BCUT2D eigenvalue weighted by molar-refractivity contribution is 1.01. The average molecular weight is 157 g/mol. The molecular weight excluding hydrogens is 152 g/mol. The maximum absolute atomic E-state index is 5.72. The quantitative estimate of drug-likeness (QED) is 0.491. The molecule has 0 saturated carbocycles. The van der Waals surface area contributed by atoms with Crippen molar-refractivity contribution in [2.24, 2.45) is 0 Å². The highest BCUT2D eigenvalue weighted by atomic mass is 35.5. The average Bonchev–Trinajstić information content (AvgIpc) is 2.36. The number of rotatable bonds is 0. The number of nitrogens with one attached hydrogen (secondary N) is 3. The third-order valence-electron chi connectivity index (χ3n) is 1.29. The van der Waals surface area contributed by atoms with Crippen LogP contribution >= 0.6 is 11.6 Å². The minimum atomic E-state index is 0.468. The van der Waals surface area contributed by atoms with Crippen molar-refractivity contribution in [3.05, 3.63) is 17.4 Å². The van der Waals surface area contributed by atoms with Gasteiger partial charge in [-0.1, -0.05) is 11.6 Å². The summed E-state index contributed by atoms with van der Waals surface area (Å²) < 4.78 is 0. The number of hydrogen-bond donors (Lipinski definition) is 3. The van der Waals surface area contributed by atoms with Gasteiger partial charge in [-0.15, -0.1) is 5.53 Å². The van der Waals surface area contributed by atoms with Crippen molar-refractivity contribution in [2.75, 3.05) is 10.9 Å². The summed E-state index contributed by atoms with van der Waals surface area (Å²) in [5.41, 5.74) is 10.1. The molecule has 5 heteroatoms. The van der Waals surface area contributed by atoms with E-state index in [0.29, 0.717) is 5.15 Å². The zero-order valence-electron chi connectivity index (χ0n) is 4.98. The van der Waals surface area contributed by atoms with Gasteiger partial charge in [0.25, 0.3) is 0 Å². The summed E-state index contributed by atoms with van der Waals surface area (Å²) in [6.07, 6.45) is 1.64. The molecule has 1 aliphatic heterocycles. The van der Waals surface area contributed by atoms with Crippen molar-refractivity contribution in [3.63, 3.8) is 0 Å². The molecule has 0 spiro atoms. The van der Waals surface area contributed by atoms with Crippen molar-refractivity contribution in [1.29, 1.82) is 0 Å². The molecule has 0 fully saturated rings. The molecule has 2 rings (SSSR count). The van der Waals surface area contributed by atoms with E-state index in [1.54, 1.807) is 6.20 Å². The summed E-state index contributed by atoms with van der Waals surface area (Å²) in [7, 11) is 0. The Kier molecular flexibility index (Phi) is 1.15. The van der Waals surface area contributed by atoms with Crippen LogP contribution in [0.3, 0.4) is 0 Å². The Morgan fingerprint density at radius 1 is 1.40 bits per heavy atom. The molecular formula is C5H5ClN4. The second-order valence-corrected chi connectivity index (χ2v) is 2.26. The SMILES string of the molecule is Clc1nccc2c1NNN2. The van der Waals surface area contributed by atoms with Gasteiger partial charge < -0.3 is 5.43 Å². The van der Waals surface area contributed by atoms with Crippen LogP contribution in [0.1, 0.15) is 0 Å². The van der Waals surface area contributed by atoms with Crippen molar-refractivity contribution in [2.45, 2.75) is 0 Å². The van der Waals surface area contributed by atoms with Crippen LogP contribution in [0.25, 0.3) is 0 Å². The summed E-state index contributed by atoms with van der Waals surface area (Å²) in [4.78, 5) is 3.87. The van der Waals surface area contributed by atoms with Gasteiger partial charge in [0.05, 0.1) is 5.69 Å². The summed E-state index contributed by atoms with van der Waals surface area (Å²) in [6.45, 7) is 0. The van der Waals surface area contributed by atoms with Gasteiger partial charge in [-0.05, 0) is 6.07 Å². The highest BCUT2D eigenvalue weighted by Crippen LogP contribution is 2.29. The fraction of sp³-hybridized carbons (Fsp3) is 0. The second kappa shape index (κ2) is 2.00. The zero-order chi connectivity index (χ0) is 6.97. The van der Waals surface area contributed by atoms with Gasteiger partial charge in [0.2, 0.25) is 0 Å². The Hall–Kier alpha value is -1.00. The summed E-state index contributed by atoms with van der Waals surface area (Å²) >= 11 is 5.72. The van der Waals surface area contributed by atoms with E-state index < -0.39 is 0 Å². The van der Waals surface area contributed by atoms with Crippen LogP contribution in [-0.2, 0) is 0 Å². The molecule has 4 nitrogen and oxygen atoms in total. The van der Waals surface area contributed by atoms with E-state index in [1.807, 2.05) is 6.07 Å². The largest absolute Gasteiger partial charge is 0.302 e. The van der Waals surface area contributed by atoms with Gasteiger partial charge >= 0.3 is 0 Å². The molecule has 2 heterocycles. The first-order valence-corrected chi connectivity index (χ1v) is 3.17. The minimum absolute atomic E-state index is 0.468.